The standard InChI is InChI=1S/C25H30N2O4/c1-2-15-29-21-9-6-8-20(17-21)25(28)27(18-22-10-7-16-30-22)19-23-11-12-24(31-23)26-13-4-3-5-14-26/h6-12,16-17H,2-5,13-15,18-19H2,1H3. The smallest absolute Gasteiger partial charge is 0.254 e. The van der Waals surface area contributed by atoms with Crippen LogP contribution in [0.4, 0.5) is 5.88 Å². The summed E-state index contributed by atoms with van der Waals surface area (Å²) in [6, 6.07) is 15.0. The van der Waals surface area contributed by atoms with Gasteiger partial charge in [0, 0.05) is 24.7 Å². The van der Waals surface area contributed by atoms with Crippen molar-refractivity contribution in [1.82, 2.24) is 4.90 Å². The van der Waals surface area contributed by atoms with Gasteiger partial charge in [0.15, 0.2) is 5.88 Å². The van der Waals surface area contributed by atoms with E-state index in [4.69, 9.17) is 13.6 Å². The number of nitrogens with zero attached hydrogens (tertiary/aromatic N) is 2. The van der Waals surface area contributed by atoms with E-state index >= 15 is 0 Å². The number of hydrogen-bond donors (Lipinski definition) is 0. The maximum atomic E-state index is 13.4. The van der Waals surface area contributed by atoms with Gasteiger partial charge in [-0.15, -0.1) is 0 Å². The molecular formula is C25H30N2O4. The Morgan fingerprint density at radius 2 is 1.87 bits per heavy atom. The number of benzene rings is 1. The second kappa shape index (κ2) is 10.2. The predicted molar refractivity (Wildman–Crippen MR) is 119 cm³/mol. The van der Waals surface area contributed by atoms with Gasteiger partial charge in [-0.1, -0.05) is 13.0 Å². The van der Waals surface area contributed by atoms with E-state index in [-0.39, 0.29) is 5.91 Å². The molecule has 1 amide bonds. The van der Waals surface area contributed by atoms with Gasteiger partial charge in [-0.05, 0) is 62.1 Å². The number of anilines is 1. The maximum absolute atomic E-state index is 13.4. The van der Waals surface area contributed by atoms with Crippen molar-refractivity contribution in [2.24, 2.45) is 0 Å². The van der Waals surface area contributed by atoms with Gasteiger partial charge in [0.05, 0.1) is 26.0 Å². The fourth-order valence-corrected chi connectivity index (χ4v) is 3.84. The summed E-state index contributed by atoms with van der Waals surface area (Å²) in [6.07, 6.45) is 6.20. The molecule has 1 aliphatic rings. The molecule has 0 radical (unpaired) electrons. The number of rotatable bonds is 9. The molecule has 0 bridgehead atoms. The number of amides is 1. The van der Waals surface area contributed by atoms with Crippen LogP contribution in [0.1, 0.15) is 54.5 Å². The molecular weight excluding hydrogens is 392 g/mol. The fraction of sp³-hybridized carbons (Fsp3) is 0.400. The number of carbonyl (C=O) groups excluding carboxylic acids is 1. The van der Waals surface area contributed by atoms with E-state index in [1.54, 1.807) is 17.2 Å². The van der Waals surface area contributed by atoms with Gasteiger partial charge in [-0.3, -0.25) is 4.79 Å². The first-order valence-electron chi connectivity index (χ1n) is 11.1. The molecule has 1 fully saturated rings. The van der Waals surface area contributed by atoms with Crippen LogP contribution in [0, 0.1) is 0 Å². The van der Waals surface area contributed by atoms with Crippen molar-refractivity contribution in [1.29, 1.82) is 0 Å². The molecule has 4 rings (SSSR count). The molecule has 164 valence electrons. The molecule has 31 heavy (non-hydrogen) atoms. The van der Waals surface area contributed by atoms with Crippen LogP contribution in [-0.2, 0) is 13.1 Å². The molecule has 3 heterocycles. The van der Waals surface area contributed by atoms with Gasteiger partial charge in [0.1, 0.15) is 17.3 Å². The summed E-state index contributed by atoms with van der Waals surface area (Å²) in [5.74, 6) is 2.99. The Morgan fingerprint density at radius 3 is 2.65 bits per heavy atom. The lowest BCUT2D eigenvalue weighted by Crippen LogP contribution is -2.30. The number of carbonyl (C=O) groups is 1. The van der Waals surface area contributed by atoms with Gasteiger partial charge >= 0.3 is 0 Å². The summed E-state index contributed by atoms with van der Waals surface area (Å²) < 4.78 is 17.3. The van der Waals surface area contributed by atoms with E-state index in [9.17, 15) is 4.79 Å². The second-order valence-corrected chi connectivity index (χ2v) is 7.90. The van der Waals surface area contributed by atoms with E-state index in [0.29, 0.717) is 31.0 Å². The highest BCUT2D eigenvalue weighted by Gasteiger charge is 2.21. The van der Waals surface area contributed by atoms with Crippen LogP contribution in [0.25, 0.3) is 0 Å². The zero-order valence-corrected chi connectivity index (χ0v) is 18.1. The van der Waals surface area contributed by atoms with Gasteiger partial charge in [-0.25, -0.2) is 0 Å². The summed E-state index contributed by atoms with van der Waals surface area (Å²) >= 11 is 0. The van der Waals surface area contributed by atoms with Crippen LogP contribution in [-0.4, -0.2) is 30.5 Å². The van der Waals surface area contributed by atoms with Crippen molar-refractivity contribution >= 4 is 11.8 Å². The van der Waals surface area contributed by atoms with E-state index in [2.05, 4.69) is 11.8 Å². The van der Waals surface area contributed by atoms with E-state index in [1.807, 2.05) is 42.5 Å². The Labute approximate surface area is 183 Å². The molecule has 0 unspecified atom stereocenters. The molecule has 0 aliphatic carbocycles. The summed E-state index contributed by atoms with van der Waals surface area (Å²) in [7, 11) is 0. The molecule has 0 saturated carbocycles. The summed E-state index contributed by atoms with van der Waals surface area (Å²) in [5.41, 5.74) is 0.586. The average Bonchev–Trinajstić information content (AvgIpc) is 3.50. The first-order chi connectivity index (χ1) is 15.2. The van der Waals surface area contributed by atoms with Crippen molar-refractivity contribution in [3.05, 3.63) is 71.9 Å². The van der Waals surface area contributed by atoms with E-state index in [1.165, 1.54) is 19.3 Å². The van der Waals surface area contributed by atoms with Crippen LogP contribution in [0.2, 0.25) is 0 Å². The molecule has 0 N–H and O–H groups in total. The first-order valence-corrected chi connectivity index (χ1v) is 11.1. The first kappa shape index (κ1) is 21.1. The number of hydrogen-bond acceptors (Lipinski definition) is 5. The van der Waals surface area contributed by atoms with Crippen molar-refractivity contribution < 1.29 is 18.4 Å². The second-order valence-electron chi connectivity index (χ2n) is 7.90. The van der Waals surface area contributed by atoms with Crippen molar-refractivity contribution in [2.45, 2.75) is 45.7 Å². The molecule has 3 aromatic rings. The SMILES string of the molecule is CCCOc1cccc(C(=O)N(Cc2ccco2)Cc2ccc(N3CCCCC3)o2)c1. The minimum absolute atomic E-state index is 0.0886. The Kier molecular flexibility index (Phi) is 6.97. The highest BCUT2D eigenvalue weighted by molar-refractivity contribution is 5.94. The molecule has 1 aliphatic heterocycles. The monoisotopic (exact) mass is 422 g/mol. The van der Waals surface area contributed by atoms with Crippen LogP contribution in [0.5, 0.6) is 5.75 Å². The van der Waals surface area contributed by atoms with Crippen LogP contribution in [0.3, 0.4) is 0 Å². The minimum Gasteiger partial charge on any atom is -0.494 e. The molecule has 1 aromatic carbocycles. The molecule has 0 spiro atoms. The molecule has 0 atom stereocenters. The lowest BCUT2D eigenvalue weighted by molar-refractivity contribution is 0.0704. The van der Waals surface area contributed by atoms with E-state index in [0.717, 1.165) is 36.9 Å². The fourth-order valence-electron chi connectivity index (χ4n) is 3.84. The quantitative estimate of drug-likeness (QED) is 0.456. The summed E-state index contributed by atoms with van der Waals surface area (Å²) in [6.45, 7) is 5.46. The molecule has 2 aromatic heterocycles. The van der Waals surface area contributed by atoms with Gasteiger partial charge in [0.2, 0.25) is 0 Å². The third-order valence-corrected chi connectivity index (χ3v) is 5.43. The maximum Gasteiger partial charge on any atom is 0.254 e. The Hall–Kier alpha value is -3.15. The van der Waals surface area contributed by atoms with E-state index < -0.39 is 0 Å². The average molecular weight is 423 g/mol. The lowest BCUT2D eigenvalue weighted by Gasteiger charge is -2.26. The third kappa shape index (κ3) is 5.51. The van der Waals surface area contributed by atoms with Gasteiger partial charge in [0.25, 0.3) is 5.91 Å². The topological polar surface area (TPSA) is 59.1 Å². The summed E-state index contributed by atoms with van der Waals surface area (Å²) in [4.78, 5) is 17.4. The Bertz CT molecular complexity index is 958. The van der Waals surface area contributed by atoms with Crippen molar-refractivity contribution in [2.75, 3.05) is 24.6 Å². The van der Waals surface area contributed by atoms with Crippen molar-refractivity contribution in [3.63, 3.8) is 0 Å². The molecule has 1 saturated heterocycles. The van der Waals surface area contributed by atoms with Gasteiger partial charge < -0.3 is 23.4 Å². The Morgan fingerprint density at radius 1 is 1.03 bits per heavy atom. The third-order valence-electron chi connectivity index (χ3n) is 5.43. The zero-order valence-electron chi connectivity index (χ0n) is 18.1. The predicted octanol–water partition coefficient (Wildman–Crippen LogP) is 5.49. The number of furan rings is 2. The highest BCUT2D eigenvalue weighted by Crippen LogP contribution is 2.25. The normalized spacial score (nSPS) is 13.9. The summed E-state index contributed by atoms with van der Waals surface area (Å²) in [5, 5.41) is 0. The van der Waals surface area contributed by atoms with Crippen molar-refractivity contribution in [3.8, 4) is 5.75 Å². The lowest BCUT2D eigenvalue weighted by atomic mass is 10.1. The molecule has 6 nitrogen and oxygen atoms in total. The number of ether oxygens (including phenoxy) is 1. The Balaban J connectivity index is 1.52. The largest absolute Gasteiger partial charge is 0.494 e. The molecule has 6 heteroatoms. The minimum atomic E-state index is -0.0886. The zero-order chi connectivity index (χ0) is 21.5. The van der Waals surface area contributed by atoms with Crippen LogP contribution >= 0.6 is 0 Å². The van der Waals surface area contributed by atoms with Gasteiger partial charge in [-0.2, -0.15) is 0 Å². The number of piperidine rings is 1. The van der Waals surface area contributed by atoms with Crippen LogP contribution < -0.4 is 9.64 Å². The highest BCUT2D eigenvalue weighted by atomic mass is 16.5. The van der Waals surface area contributed by atoms with Crippen LogP contribution in [0.15, 0.2) is 63.6 Å².